The van der Waals surface area contributed by atoms with Crippen molar-refractivity contribution in [2.24, 2.45) is 5.73 Å². The fraction of sp³-hybridized carbons (Fsp3) is 0.200. The molecule has 0 heterocycles. The zero-order chi connectivity index (χ0) is 13.8. The second-order valence-electron chi connectivity index (χ2n) is 4.22. The van der Waals surface area contributed by atoms with Gasteiger partial charge in [0.2, 0.25) is 0 Å². The van der Waals surface area contributed by atoms with Crippen LogP contribution in [0.5, 0.6) is 5.75 Å². The maximum absolute atomic E-state index is 6.07. The Morgan fingerprint density at radius 3 is 2.58 bits per heavy atom. The molecular formula is C15H16BrNOS. The third-order valence-electron chi connectivity index (χ3n) is 2.73. The average Bonchev–Trinajstić information content (AvgIpc) is 2.38. The van der Waals surface area contributed by atoms with E-state index in [1.54, 1.807) is 18.9 Å². The molecule has 0 radical (unpaired) electrons. The van der Waals surface area contributed by atoms with Crippen LogP contribution in [0.2, 0.25) is 0 Å². The molecule has 4 heteroatoms. The van der Waals surface area contributed by atoms with Crippen LogP contribution >= 0.6 is 27.7 Å². The van der Waals surface area contributed by atoms with Crippen molar-refractivity contribution in [2.45, 2.75) is 22.8 Å². The molecule has 0 aliphatic carbocycles. The van der Waals surface area contributed by atoms with E-state index in [-0.39, 0.29) is 6.04 Å². The first-order valence-electron chi connectivity index (χ1n) is 5.97. The summed E-state index contributed by atoms with van der Waals surface area (Å²) in [5.41, 5.74) is 7.12. The molecule has 0 unspecified atom stereocenters. The van der Waals surface area contributed by atoms with Gasteiger partial charge in [-0.1, -0.05) is 39.8 Å². The van der Waals surface area contributed by atoms with Gasteiger partial charge in [0.05, 0.1) is 7.11 Å². The number of nitrogens with two attached hydrogens (primary N) is 1. The van der Waals surface area contributed by atoms with E-state index >= 15 is 0 Å². The largest absolute Gasteiger partial charge is 0.496 e. The third kappa shape index (κ3) is 3.53. The number of hydrogen-bond donors (Lipinski definition) is 1. The first-order valence-corrected chi connectivity index (χ1v) is 7.58. The van der Waals surface area contributed by atoms with E-state index in [9.17, 15) is 0 Å². The highest BCUT2D eigenvalue weighted by Crippen LogP contribution is 2.38. The fourth-order valence-corrected chi connectivity index (χ4v) is 3.58. The van der Waals surface area contributed by atoms with Crippen molar-refractivity contribution in [3.8, 4) is 5.75 Å². The summed E-state index contributed by atoms with van der Waals surface area (Å²) in [5, 5.41) is 0. The van der Waals surface area contributed by atoms with Gasteiger partial charge in [-0.05, 0) is 37.3 Å². The fourth-order valence-electron chi connectivity index (χ4n) is 1.90. The van der Waals surface area contributed by atoms with E-state index in [2.05, 4.69) is 34.1 Å². The van der Waals surface area contributed by atoms with Gasteiger partial charge < -0.3 is 10.5 Å². The van der Waals surface area contributed by atoms with Crippen LogP contribution in [0.1, 0.15) is 18.5 Å². The molecule has 0 saturated heterocycles. The Kier molecular flexibility index (Phi) is 4.91. The Balaban J connectivity index is 2.39. The summed E-state index contributed by atoms with van der Waals surface area (Å²) in [6, 6.07) is 14.2. The van der Waals surface area contributed by atoms with Gasteiger partial charge in [-0.15, -0.1) is 0 Å². The van der Waals surface area contributed by atoms with Crippen molar-refractivity contribution in [2.75, 3.05) is 7.11 Å². The molecule has 2 nitrogen and oxygen atoms in total. The molecule has 19 heavy (non-hydrogen) atoms. The number of rotatable bonds is 4. The van der Waals surface area contributed by atoms with Crippen molar-refractivity contribution < 1.29 is 4.74 Å². The predicted molar refractivity (Wildman–Crippen MR) is 83.9 cm³/mol. The molecule has 2 rings (SSSR count). The van der Waals surface area contributed by atoms with Gasteiger partial charge in [0.1, 0.15) is 5.75 Å². The summed E-state index contributed by atoms with van der Waals surface area (Å²) in [6.45, 7) is 1.98. The molecule has 2 N–H and O–H groups in total. The molecule has 100 valence electrons. The van der Waals surface area contributed by atoms with Gasteiger partial charge >= 0.3 is 0 Å². The lowest BCUT2D eigenvalue weighted by Crippen LogP contribution is -2.08. The first-order chi connectivity index (χ1) is 9.11. The molecule has 0 fully saturated rings. The number of ether oxygens (including phenoxy) is 1. The normalized spacial score (nSPS) is 12.2. The van der Waals surface area contributed by atoms with Crippen LogP contribution in [0.15, 0.2) is 56.7 Å². The zero-order valence-corrected chi connectivity index (χ0v) is 13.3. The molecular weight excluding hydrogens is 322 g/mol. The summed E-state index contributed by atoms with van der Waals surface area (Å²) in [7, 11) is 1.68. The summed E-state index contributed by atoms with van der Waals surface area (Å²) < 4.78 is 6.48. The van der Waals surface area contributed by atoms with Gasteiger partial charge in [-0.2, -0.15) is 0 Å². The lowest BCUT2D eigenvalue weighted by atomic mass is 10.1. The second kappa shape index (κ2) is 6.46. The minimum absolute atomic E-state index is 0.0641. The Labute approximate surface area is 126 Å². The minimum Gasteiger partial charge on any atom is -0.496 e. The molecule has 0 aromatic heterocycles. The highest BCUT2D eigenvalue weighted by molar-refractivity contribution is 9.10. The molecule has 2 aromatic carbocycles. The molecule has 0 aliphatic rings. The van der Waals surface area contributed by atoms with Crippen molar-refractivity contribution in [1.82, 2.24) is 0 Å². The number of halogens is 1. The lowest BCUT2D eigenvalue weighted by molar-refractivity contribution is 0.405. The second-order valence-corrected chi connectivity index (χ2v) is 6.25. The first kappa shape index (κ1) is 14.4. The van der Waals surface area contributed by atoms with Crippen LogP contribution in [0.4, 0.5) is 0 Å². The van der Waals surface area contributed by atoms with E-state index in [4.69, 9.17) is 10.5 Å². The van der Waals surface area contributed by atoms with E-state index < -0.39 is 0 Å². The van der Waals surface area contributed by atoms with E-state index in [0.717, 1.165) is 20.7 Å². The van der Waals surface area contributed by atoms with Crippen LogP contribution in [-0.4, -0.2) is 7.11 Å². The molecule has 1 atom stereocenters. The van der Waals surface area contributed by atoms with Crippen LogP contribution < -0.4 is 10.5 Å². The number of methoxy groups -OCH3 is 1. The van der Waals surface area contributed by atoms with Crippen LogP contribution in [0.3, 0.4) is 0 Å². The van der Waals surface area contributed by atoms with Crippen molar-refractivity contribution >= 4 is 27.7 Å². The quantitative estimate of drug-likeness (QED) is 0.883. The molecule has 0 bridgehead atoms. The van der Waals surface area contributed by atoms with Gasteiger partial charge in [-0.3, -0.25) is 0 Å². The maximum Gasteiger partial charge on any atom is 0.124 e. The third-order valence-corrected chi connectivity index (χ3v) is 4.28. The van der Waals surface area contributed by atoms with Crippen LogP contribution in [0, 0.1) is 0 Å². The van der Waals surface area contributed by atoms with Gasteiger partial charge in [0.25, 0.3) is 0 Å². The van der Waals surface area contributed by atoms with Crippen molar-refractivity contribution in [3.63, 3.8) is 0 Å². The van der Waals surface area contributed by atoms with Gasteiger partial charge in [0, 0.05) is 25.9 Å². The monoisotopic (exact) mass is 337 g/mol. The predicted octanol–water partition coefficient (Wildman–Crippen LogP) is 4.63. The molecule has 0 saturated carbocycles. The summed E-state index contributed by atoms with van der Waals surface area (Å²) in [5.74, 6) is 0.843. The lowest BCUT2D eigenvalue weighted by Gasteiger charge is -2.16. The molecule has 0 spiro atoms. The summed E-state index contributed by atoms with van der Waals surface area (Å²) >= 11 is 5.18. The van der Waals surface area contributed by atoms with E-state index in [1.165, 1.54) is 4.90 Å². The molecule has 0 amide bonds. The highest BCUT2D eigenvalue weighted by Gasteiger charge is 2.14. The Bertz CT molecular complexity index is 572. The number of benzene rings is 2. The average molecular weight is 338 g/mol. The molecule has 2 aromatic rings. The smallest absolute Gasteiger partial charge is 0.124 e. The standard InChI is InChI=1S/C15H16BrNOS/c1-10(17)15-13(18-2)7-4-8-14(15)19-12-6-3-5-11(16)9-12/h3-10H,17H2,1-2H3/t10-/m0/s1. The minimum atomic E-state index is -0.0641. The van der Waals surface area contributed by atoms with Crippen LogP contribution in [-0.2, 0) is 0 Å². The van der Waals surface area contributed by atoms with Gasteiger partial charge in [0.15, 0.2) is 0 Å². The van der Waals surface area contributed by atoms with Crippen LogP contribution in [0.25, 0.3) is 0 Å². The van der Waals surface area contributed by atoms with Crippen molar-refractivity contribution in [1.29, 1.82) is 0 Å². The SMILES string of the molecule is COc1cccc(Sc2cccc(Br)c2)c1[C@H](C)N. The molecule has 0 aliphatic heterocycles. The Morgan fingerprint density at radius 1 is 1.21 bits per heavy atom. The van der Waals surface area contributed by atoms with Gasteiger partial charge in [-0.25, -0.2) is 0 Å². The Morgan fingerprint density at radius 2 is 1.95 bits per heavy atom. The summed E-state index contributed by atoms with van der Waals surface area (Å²) in [6.07, 6.45) is 0. The summed E-state index contributed by atoms with van der Waals surface area (Å²) in [4.78, 5) is 2.30. The highest BCUT2D eigenvalue weighted by atomic mass is 79.9. The van der Waals surface area contributed by atoms with Crippen molar-refractivity contribution in [3.05, 3.63) is 52.5 Å². The maximum atomic E-state index is 6.07. The van der Waals surface area contributed by atoms with E-state index in [0.29, 0.717) is 0 Å². The topological polar surface area (TPSA) is 35.2 Å². The number of hydrogen-bond acceptors (Lipinski definition) is 3. The Hall–Kier alpha value is -0.970. The zero-order valence-electron chi connectivity index (χ0n) is 10.9. The van der Waals surface area contributed by atoms with E-state index in [1.807, 2.05) is 31.2 Å².